The molecule has 120 valence electrons. The van der Waals surface area contributed by atoms with Crippen molar-refractivity contribution in [3.8, 4) is 0 Å². The summed E-state index contributed by atoms with van der Waals surface area (Å²) in [7, 11) is 0. The molecule has 0 atom stereocenters. The minimum absolute atomic E-state index is 0.0221. The molecule has 0 spiro atoms. The number of hydrogen-bond acceptors (Lipinski definition) is 3. The second-order valence-corrected chi connectivity index (χ2v) is 9.38. The van der Waals surface area contributed by atoms with Gasteiger partial charge in [0.25, 0.3) is 0 Å². The second-order valence-electron chi connectivity index (χ2n) is 4.78. The first-order valence-electron chi connectivity index (χ1n) is 6.92. The van der Waals surface area contributed by atoms with Crippen molar-refractivity contribution in [2.45, 2.75) is 6.92 Å². The molecule has 2 rings (SSSR count). The molecule has 1 nitrogen and oxygen atoms in total. The Hall–Kier alpha value is -0.641. The normalized spacial score (nSPS) is 10.4. The molecule has 0 fully saturated rings. The van der Waals surface area contributed by atoms with Gasteiger partial charge in [0.1, 0.15) is 0 Å². The van der Waals surface area contributed by atoms with Crippen molar-refractivity contribution in [1.29, 1.82) is 0 Å². The molecular weight excluding hydrogens is 411 g/mol. The van der Waals surface area contributed by atoms with Crippen molar-refractivity contribution >= 4 is 60.3 Å². The number of benzene rings is 2. The van der Waals surface area contributed by atoms with Crippen LogP contribution in [0.4, 0.5) is 0 Å². The van der Waals surface area contributed by atoms with Crippen LogP contribution in [0.25, 0.3) is 0 Å². The van der Waals surface area contributed by atoms with Crippen LogP contribution in [0.15, 0.2) is 57.2 Å². The van der Waals surface area contributed by atoms with Gasteiger partial charge in [-0.25, -0.2) is 0 Å². The molecule has 0 aromatic heterocycles. The maximum atomic E-state index is 13.0. The summed E-state index contributed by atoms with van der Waals surface area (Å²) >= 11 is 9.18. The van der Waals surface area contributed by atoms with Gasteiger partial charge in [0.05, 0.1) is 0 Å². The summed E-state index contributed by atoms with van der Waals surface area (Å²) in [5.41, 5.74) is 1.92. The molecule has 0 saturated carbocycles. The SMILES string of the molecule is CSC(SC)=C([Se]c1ccc(C)cc1)C(=O)c1ccc(Cl)cc1. The Labute approximate surface area is 157 Å². The van der Waals surface area contributed by atoms with Gasteiger partial charge in [-0.1, -0.05) is 0 Å². The maximum absolute atomic E-state index is 13.0. The summed E-state index contributed by atoms with van der Waals surface area (Å²) in [4.78, 5) is 13.0. The van der Waals surface area contributed by atoms with E-state index in [1.807, 2.05) is 12.5 Å². The van der Waals surface area contributed by atoms with Gasteiger partial charge in [0.2, 0.25) is 0 Å². The van der Waals surface area contributed by atoms with Gasteiger partial charge in [-0.3, -0.25) is 0 Å². The molecule has 0 N–H and O–H groups in total. The standard InChI is InChI=1S/C18H17ClOS2Se/c1-12-4-10-15(11-5-12)23-17(18(21-2)22-3)16(20)13-6-8-14(19)9-7-13/h4-11H,1-3H3. The van der Waals surface area contributed by atoms with Crippen LogP contribution in [0, 0.1) is 6.92 Å². The molecule has 0 aliphatic carbocycles. The fourth-order valence-corrected chi connectivity index (χ4v) is 6.42. The Kier molecular flexibility index (Phi) is 7.32. The summed E-state index contributed by atoms with van der Waals surface area (Å²) in [5.74, 6) is 0.0981. The summed E-state index contributed by atoms with van der Waals surface area (Å²) in [6.07, 6.45) is 4.04. The van der Waals surface area contributed by atoms with Crippen molar-refractivity contribution in [2.75, 3.05) is 12.5 Å². The van der Waals surface area contributed by atoms with Crippen molar-refractivity contribution in [1.82, 2.24) is 0 Å². The average molecular weight is 428 g/mol. The number of hydrogen-bond donors (Lipinski definition) is 0. The van der Waals surface area contributed by atoms with Crippen LogP contribution in [0.2, 0.25) is 5.02 Å². The number of rotatable bonds is 6. The predicted molar refractivity (Wildman–Crippen MR) is 106 cm³/mol. The zero-order valence-corrected chi connectivity index (χ0v) is 17.2. The van der Waals surface area contributed by atoms with Gasteiger partial charge in [-0.05, 0) is 0 Å². The number of thioether (sulfide) groups is 2. The quantitative estimate of drug-likeness (QED) is 0.376. The van der Waals surface area contributed by atoms with Crippen LogP contribution in [0.1, 0.15) is 15.9 Å². The molecule has 0 aliphatic heterocycles. The summed E-state index contributed by atoms with van der Waals surface area (Å²) in [6.45, 7) is 2.07. The second kappa shape index (κ2) is 9.00. The summed E-state index contributed by atoms with van der Waals surface area (Å²) < 4.78 is 3.20. The van der Waals surface area contributed by atoms with Gasteiger partial charge >= 0.3 is 158 Å². The zero-order valence-electron chi connectivity index (χ0n) is 13.1. The first kappa shape index (κ1) is 18.7. The Morgan fingerprint density at radius 1 is 0.957 bits per heavy atom. The third-order valence-electron chi connectivity index (χ3n) is 3.11. The van der Waals surface area contributed by atoms with E-state index >= 15 is 0 Å². The van der Waals surface area contributed by atoms with Gasteiger partial charge in [0, 0.05) is 0 Å². The van der Waals surface area contributed by atoms with E-state index in [1.165, 1.54) is 10.0 Å². The third kappa shape index (κ3) is 5.17. The van der Waals surface area contributed by atoms with Crippen LogP contribution >= 0.6 is 35.1 Å². The van der Waals surface area contributed by atoms with Gasteiger partial charge < -0.3 is 0 Å². The molecule has 0 bridgehead atoms. The summed E-state index contributed by atoms with van der Waals surface area (Å²) in [6, 6.07) is 15.6. The minimum atomic E-state index is -0.0221. The van der Waals surface area contributed by atoms with Crippen LogP contribution in [0.5, 0.6) is 0 Å². The average Bonchev–Trinajstić information content (AvgIpc) is 2.57. The van der Waals surface area contributed by atoms with Crippen LogP contribution in [-0.4, -0.2) is 33.3 Å². The van der Waals surface area contributed by atoms with Crippen molar-refractivity contribution < 1.29 is 4.79 Å². The van der Waals surface area contributed by atoms with E-state index in [9.17, 15) is 4.79 Å². The van der Waals surface area contributed by atoms with Gasteiger partial charge in [0.15, 0.2) is 0 Å². The van der Waals surface area contributed by atoms with E-state index in [2.05, 4.69) is 31.2 Å². The number of ketones is 1. The van der Waals surface area contributed by atoms with Crippen molar-refractivity contribution in [3.05, 3.63) is 73.4 Å². The van der Waals surface area contributed by atoms with Gasteiger partial charge in [-0.2, -0.15) is 0 Å². The number of allylic oxidation sites excluding steroid dienone is 1. The van der Waals surface area contributed by atoms with Crippen molar-refractivity contribution in [2.24, 2.45) is 0 Å². The molecule has 0 heterocycles. The predicted octanol–water partition coefficient (Wildman–Crippen LogP) is 4.76. The van der Waals surface area contributed by atoms with E-state index < -0.39 is 0 Å². The van der Waals surface area contributed by atoms with E-state index in [4.69, 9.17) is 11.6 Å². The van der Waals surface area contributed by atoms with E-state index in [1.54, 1.807) is 47.8 Å². The number of Topliss-reactive ketones (excluding diaryl/α,β-unsaturated/α-hetero) is 1. The van der Waals surface area contributed by atoms with E-state index in [0.717, 1.165) is 8.71 Å². The van der Waals surface area contributed by atoms with E-state index in [-0.39, 0.29) is 20.7 Å². The molecule has 0 aliphatic rings. The number of aryl methyl sites for hydroxylation is 1. The number of carbonyl (C=O) groups excluding carboxylic acids is 1. The first-order valence-corrected chi connectivity index (χ1v) is 11.5. The van der Waals surface area contributed by atoms with Crippen LogP contribution in [-0.2, 0) is 0 Å². The third-order valence-corrected chi connectivity index (χ3v) is 8.41. The van der Waals surface area contributed by atoms with Crippen LogP contribution in [0.3, 0.4) is 0 Å². The molecule has 0 saturated heterocycles. The Balaban J connectivity index is 2.38. The molecule has 0 radical (unpaired) electrons. The Morgan fingerprint density at radius 3 is 2.04 bits per heavy atom. The molecule has 2 aromatic rings. The van der Waals surface area contributed by atoms with Crippen LogP contribution < -0.4 is 4.46 Å². The number of halogens is 1. The van der Waals surface area contributed by atoms with E-state index in [0.29, 0.717) is 10.6 Å². The summed E-state index contributed by atoms with van der Waals surface area (Å²) in [5, 5.41) is 0.645. The molecule has 0 amide bonds. The topological polar surface area (TPSA) is 17.1 Å². The monoisotopic (exact) mass is 428 g/mol. The fourth-order valence-electron chi connectivity index (χ4n) is 1.91. The fraction of sp³-hybridized carbons (Fsp3) is 0.167. The zero-order chi connectivity index (χ0) is 16.8. The Bertz CT molecular complexity index is 703. The number of carbonyl (C=O) groups is 1. The molecule has 0 unspecified atom stereocenters. The molecular formula is C18H17ClOS2Se. The molecule has 2 aromatic carbocycles. The Morgan fingerprint density at radius 2 is 1.52 bits per heavy atom. The first-order chi connectivity index (χ1) is 11.0. The van der Waals surface area contributed by atoms with Crippen molar-refractivity contribution in [3.63, 3.8) is 0 Å². The molecule has 23 heavy (non-hydrogen) atoms. The molecule has 5 heteroatoms. The van der Waals surface area contributed by atoms with Gasteiger partial charge in [-0.15, -0.1) is 0 Å².